The van der Waals surface area contributed by atoms with Crippen LogP contribution in [-0.2, 0) is 0 Å². The normalized spacial score (nSPS) is 12.3. The molecule has 11 rings (SSSR count). The molecule has 212 valence electrons. The summed E-state index contributed by atoms with van der Waals surface area (Å²) in [6.07, 6.45) is 0. The summed E-state index contributed by atoms with van der Waals surface area (Å²) in [5.74, 6) is 0.868. The van der Waals surface area contributed by atoms with Crippen molar-refractivity contribution in [2.24, 2.45) is 0 Å². The number of aromatic nitrogens is 4. The van der Waals surface area contributed by atoms with E-state index in [2.05, 4.69) is 137 Å². The lowest BCUT2D eigenvalue weighted by Crippen LogP contribution is -2.02. The molecule has 0 spiro atoms. The Labute approximate surface area is 263 Å². The molecule has 0 bridgehead atoms. The number of para-hydroxylation sites is 4. The summed E-state index contributed by atoms with van der Waals surface area (Å²) in [7, 11) is 0. The van der Waals surface area contributed by atoms with Crippen LogP contribution in [0.3, 0.4) is 0 Å². The maximum Gasteiger partial charge on any atom is 0.165 e. The van der Waals surface area contributed by atoms with Crippen molar-refractivity contribution in [3.63, 3.8) is 0 Å². The molecule has 0 amide bonds. The largest absolute Gasteiger partial charge is 0.309 e. The minimum atomic E-state index is 0.868. The van der Waals surface area contributed by atoms with E-state index in [4.69, 9.17) is 9.97 Å². The Hall–Kier alpha value is -6.26. The van der Waals surface area contributed by atoms with Gasteiger partial charge in [-0.05, 0) is 58.8 Å². The summed E-state index contributed by atoms with van der Waals surface area (Å²) in [5.41, 5.74) is 12.0. The van der Waals surface area contributed by atoms with Gasteiger partial charge in [-0.25, -0.2) is 9.97 Å². The first kappa shape index (κ1) is 24.1. The van der Waals surface area contributed by atoms with E-state index in [0.717, 1.165) is 39.3 Å². The summed E-state index contributed by atoms with van der Waals surface area (Å²) in [4.78, 5) is 10.5. The average Bonchev–Trinajstić information content (AvgIpc) is 3.60. The van der Waals surface area contributed by atoms with Crippen molar-refractivity contribution in [2.75, 3.05) is 0 Å². The maximum atomic E-state index is 5.30. The van der Waals surface area contributed by atoms with Gasteiger partial charge in [-0.1, -0.05) is 103 Å². The van der Waals surface area contributed by atoms with Crippen LogP contribution in [0.1, 0.15) is 0 Å². The average molecular weight is 585 g/mol. The lowest BCUT2D eigenvalue weighted by atomic mass is 9.96. The van der Waals surface area contributed by atoms with Gasteiger partial charge in [0.2, 0.25) is 0 Å². The highest BCUT2D eigenvalue weighted by molar-refractivity contribution is 6.22. The number of hydrogen-bond donors (Lipinski definition) is 0. The molecular formula is C42H24N4. The highest BCUT2D eigenvalue weighted by atomic mass is 15.1. The third-order valence-electron chi connectivity index (χ3n) is 9.83. The molecule has 0 radical (unpaired) electrons. The Morgan fingerprint density at radius 2 is 1.09 bits per heavy atom. The lowest BCUT2D eigenvalue weighted by molar-refractivity contribution is 1.08. The highest BCUT2D eigenvalue weighted by Gasteiger charge is 2.27. The molecule has 10 aromatic rings. The summed E-state index contributed by atoms with van der Waals surface area (Å²) in [5, 5.41) is 7.49. The van der Waals surface area contributed by atoms with Crippen molar-refractivity contribution < 1.29 is 0 Å². The summed E-state index contributed by atoms with van der Waals surface area (Å²) >= 11 is 0. The fourth-order valence-electron chi connectivity index (χ4n) is 7.90. The zero-order valence-electron chi connectivity index (χ0n) is 24.6. The van der Waals surface area contributed by atoms with E-state index in [1.165, 1.54) is 60.0 Å². The van der Waals surface area contributed by atoms with Crippen LogP contribution in [0.5, 0.6) is 0 Å². The zero-order valence-corrected chi connectivity index (χ0v) is 24.6. The molecule has 0 saturated carbocycles. The first-order valence-electron chi connectivity index (χ1n) is 15.7. The van der Waals surface area contributed by atoms with E-state index in [1.54, 1.807) is 0 Å². The summed E-state index contributed by atoms with van der Waals surface area (Å²) in [6.45, 7) is 0. The SMILES string of the molecule is c1ccc2c(c1)-c1nc3ccccc3nc1-n1c3ccc(-n4c5ccccc5c5c6ccccc6ccc54)cc3c3cccc-2c31. The fourth-order valence-corrected chi connectivity index (χ4v) is 7.90. The van der Waals surface area contributed by atoms with Crippen LogP contribution in [0, 0.1) is 0 Å². The summed E-state index contributed by atoms with van der Waals surface area (Å²) < 4.78 is 4.77. The molecule has 0 N–H and O–H groups in total. The maximum absolute atomic E-state index is 5.30. The molecule has 4 heterocycles. The molecule has 1 aliphatic rings. The van der Waals surface area contributed by atoms with Crippen LogP contribution in [-0.4, -0.2) is 19.1 Å². The van der Waals surface area contributed by atoms with Crippen molar-refractivity contribution in [2.45, 2.75) is 0 Å². The van der Waals surface area contributed by atoms with Crippen LogP contribution >= 0.6 is 0 Å². The van der Waals surface area contributed by atoms with E-state index < -0.39 is 0 Å². The van der Waals surface area contributed by atoms with Crippen LogP contribution in [0.4, 0.5) is 0 Å². The highest BCUT2D eigenvalue weighted by Crippen LogP contribution is 2.46. The van der Waals surface area contributed by atoms with Gasteiger partial charge in [0, 0.05) is 38.4 Å². The van der Waals surface area contributed by atoms with Crippen LogP contribution in [0.15, 0.2) is 146 Å². The van der Waals surface area contributed by atoms with Gasteiger partial charge in [-0.2, -0.15) is 0 Å². The number of fused-ring (bicyclic) bond motifs is 14. The number of nitrogens with zero attached hydrogens (tertiary/aromatic N) is 4. The molecular weight excluding hydrogens is 560 g/mol. The number of benzene rings is 7. The molecule has 3 aromatic heterocycles. The van der Waals surface area contributed by atoms with E-state index in [9.17, 15) is 0 Å². The monoisotopic (exact) mass is 584 g/mol. The molecule has 0 fully saturated rings. The third kappa shape index (κ3) is 3.03. The van der Waals surface area contributed by atoms with Gasteiger partial charge in [0.15, 0.2) is 5.82 Å². The van der Waals surface area contributed by atoms with Gasteiger partial charge in [0.1, 0.15) is 5.69 Å². The number of hydrogen-bond acceptors (Lipinski definition) is 2. The quantitative estimate of drug-likeness (QED) is 0.192. The number of rotatable bonds is 1. The predicted molar refractivity (Wildman–Crippen MR) is 190 cm³/mol. The van der Waals surface area contributed by atoms with Crippen molar-refractivity contribution in [1.82, 2.24) is 19.1 Å². The second-order valence-corrected chi connectivity index (χ2v) is 12.2. The third-order valence-corrected chi connectivity index (χ3v) is 9.83. The van der Waals surface area contributed by atoms with Gasteiger partial charge >= 0.3 is 0 Å². The molecule has 4 nitrogen and oxygen atoms in total. The van der Waals surface area contributed by atoms with Gasteiger partial charge in [-0.15, -0.1) is 0 Å². The minimum Gasteiger partial charge on any atom is -0.309 e. The molecule has 4 heteroatoms. The first-order chi connectivity index (χ1) is 22.8. The van der Waals surface area contributed by atoms with Gasteiger partial charge in [0.05, 0.1) is 33.1 Å². The van der Waals surface area contributed by atoms with Crippen LogP contribution in [0.2, 0.25) is 0 Å². The Balaban J connectivity index is 1.28. The van der Waals surface area contributed by atoms with E-state index in [1.807, 2.05) is 18.2 Å². The van der Waals surface area contributed by atoms with Crippen molar-refractivity contribution in [1.29, 1.82) is 0 Å². The molecule has 0 unspecified atom stereocenters. The van der Waals surface area contributed by atoms with Gasteiger partial charge < -0.3 is 4.57 Å². The lowest BCUT2D eigenvalue weighted by Gasteiger charge is -2.13. The molecule has 7 aromatic carbocycles. The Kier molecular flexibility index (Phi) is 4.55. The van der Waals surface area contributed by atoms with E-state index in [-0.39, 0.29) is 0 Å². The smallest absolute Gasteiger partial charge is 0.165 e. The molecule has 46 heavy (non-hydrogen) atoms. The molecule has 1 aliphatic heterocycles. The predicted octanol–water partition coefficient (Wildman–Crippen LogP) is 10.6. The molecule has 0 atom stereocenters. The minimum absolute atomic E-state index is 0.868. The topological polar surface area (TPSA) is 35.6 Å². The van der Waals surface area contributed by atoms with Crippen molar-refractivity contribution in [3.05, 3.63) is 146 Å². The van der Waals surface area contributed by atoms with Gasteiger partial charge in [0.25, 0.3) is 0 Å². The molecule has 0 aliphatic carbocycles. The second kappa shape index (κ2) is 8.68. The Morgan fingerprint density at radius 1 is 0.413 bits per heavy atom. The summed E-state index contributed by atoms with van der Waals surface area (Å²) in [6, 6.07) is 52.3. The van der Waals surface area contributed by atoms with Crippen molar-refractivity contribution in [3.8, 4) is 33.9 Å². The zero-order chi connectivity index (χ0) is 29.9. The van der Waals surface area contributed by atoms with Crippen LogP contribution < -0.4 is 0 Å². The van der Waals surface area contributed by atoms with E-state index in [0.29, 0.717) is 0 Å². The van der Waals surface area contributed by atoms with Gasteiger partial charge in [-0.3, -0.25) is 4.57 Å². The fraction of sp³-hybridized carbons (Fsp3) is 0. The molecule has 0 saturated heterocycles. The second-order valence-electron chi connectivity index (χ2n) is 12.2. The standard InChI is InChI=1S/C42H24N4/c1-2-11-27-25(10-1)20-22-38-39(27)32-14-5-8-19-36(32)45(38)26-21-23-37-33(24-26)31-16-9-15-30-28-12-3-4-13-29(28)40-42(46(37)41(30)31)44-35-18-7-6-17-34(35)43-40/h1-24H. The Morgan fingerprint density at radius 3 is 2.00 bits per heavy atom. The first-order valence-corrected chi connectivity index (χ1v) is 15.7. The van der Waals surface area contributed by atoms with Crippen LogP contribution in [0.25, 0.3) is 99.3 Å². The van der Waals surface area contributed by atoms with E-state index >= 15 is 0 Å². The Bertz CT molecular complexity index is 2920. The van der Waals surface area contributed by atoms with Crippen molar-refractivity contribution >= 4 is 65.4 Å².